The molecule has 1 N–H and O–H groups in total. The van der Waals surface area contributed by atoms with Gasteiger partial charge in [0.05, 0.1) is 35.3 Å². The molecule has 2 aliphatic heterocycles. The number of aromatic hydroxyl groups is 1. The maximum absolute atomic E-state index is 13.8. The van der Waals surface area contributed by atoms with E-state index in [1.54, 1.807) is 12.1 Å². The lowest BCUT2D eigenvalue weighted by molar-refractivity contribution is -0.122. The first kappa shape index (κ1) is 27.5. The fourth-order valence-electron chi connectivity index (χ4n) is 6.85. The van der Waals surface area contributed by atoms with Crippen LogP contribution in [0.5, 0.6) is 5.75 Å². The summed E-state index contributed by atoms with van der Waals surface area (Å²) in [7, 11) is 0. The molecule has 4 atom stereocenters. The van der Waals surface area contributed by atoms with Crippen LogP contribution in [-0.4, -0.2) is 29.6 Å². The van der Waals surface area contributed by atoms with E-state index in [0.717, 1.165) is 29.5 Å². The quantitative estimate of drug-likeness (QED) is 0.182. The second-order valence-corrected chi connectivity index (χ2v) is 11.9. The molecule has 0 aromatic heterocycles. The third kappa shape index (κ3) is 5.13. The van der Waals surface area contributed by atoms with Crippen molar-refractivity contribution in [2.24, 2.45) is 23.7 Å². The minimum Gasteiger partial charge on any atom is -0.508 e. The number of para-hydroxylation sites is 1. The molecule has 6 heteroatoms. The van der Waals surface area contributed by atoms with Crippen LogP contribution >= 0.6 is 11.6 Å². The summed E-state index contributed by atoms with van der Waals surface area (Å²) in [6.45, 7) is 4.80. The van der Waals surface area contributed by atoms with Gasteiger partial charge in [0, 0.05) is 5.92 Å². The van der Waals surface area contributed by atoms with E-state index in [4.69, 9.17) is 16.3 Å². The number of fused-ring (bicyclic) bond motifs is 3. The highest BCUT2D eigenvalue weighted by molar-refractivity contribution is 6.32. The molecule has 3 aromatic carbocycles. The Labute approximate surface area is 246 Å². The van der Waals surface area contributed by atoms with E-state index in [2.05, 4.69) is 32.1 Å². The molecule has 3 aliphatic rings. The minimum atomic E-state index is -0.384. The molecule has 0 bridgehead atoms. The van der Waals surface area contributed by atoms with Crippen molar-refractivity contribution in [1.82, 2.24) is 0 Å². The standard InChI is InChI=1S/C35H34ClNO4/c1-21(2)27-19-28-33(35(40)37(34(28)39)25-11-7-4-8-12-25)29-20-41-31(32(27)29)16-14-23(22-9-5-3-6-10-22)17-24-13-15-26(38)18-30(24)36/h3-13,15,17-18,21,28-29,31,33,38H,14,16,19-20H2,1-2H3/b23-17-/t28-,29+,31-,33-/m1/s1. The number of rotatable bonds is 7. The Balaban J connectivity index is 1.30. The van der Waals surface area contributed by atoms with Gasteiger partial charge >= 0.3 is 0 Å². The fourth-order valence-corrected chi connectivity index (χ4v) is 7.08. The Hall–Kier alpha value is -3.67. The number of amides is 2. The second-order valence-electron chi connectivity index (χ2n) is 11.5. The fraction of sp³-hybridized carbons (Fsp3) is 0.314. The molecule has 2 amide bonds. The number of phenols is 1. The summed E-state index contributed by atoms with van der Waals surface area (Å²) >= 11 is 6.47. The molecular weight excluding hydrogens is 534 g/mol. The van der Waals surface area contributed by atoms with Gasteiger partial charge in [0.1, 0.15) is 5.75 Å². The van der Waals surface area contributed by atoms with Crippen LogP contribution in [0.3, 0.4) is 0 Å². The van der Waals surface area contributed by atoms with Gasteiger partial charge in [-0.1, -0.05) is 79.6 Å². The number of halogens is 1. The predicted molar refractivity (Wildman–Crippen MR) is 162 cm³/mol. The van der Waals surface area contributed by atoms with Crippen LogP contribution in [0.1, 0.15) is 44.2 Å². The molecule has 2 fully saturated rings. The van der Waals surface area contributed by atoms with E-state index in [1.807, 2.05) is 54.6 Å². The van der Waals surface area contributed by atoms with Gasteiger partial charge in [-0.05, 0) is 83.9 Å². The number of imide groups is 1. The molecular formula is C35H34ClNO4. The van der Waals surface area contributed by atoms with Gasteiger partial charge in [0.2, 0.25) is 11.8 Å². The van der Waals surface area contributed by atoms with Crippen molar-refractivity contribution in [2.45, 2.75) is 39.2 Å². The zero-order valence-electron chi connectivity index (χ0n) is 23.3. The van der Waals surface area contributed by atoms with Gasteiger partial charge in [-0.3, -0.25) is 14.5 Å². The molecule has 0 spiro atoms. The van der Waals surface area contributed by atoms with Crippen LogP contribution in [0, 0.1) is 23.7 Å². The van der Waals surface area contributed by atoms with Crippen molar-refractivity contribution in [2.75, 3.05) is 11.5 Å². The number of ether oxygens (including phenoxy) is 1. The molecule has 210 valence electrons. The number of benzene rings is 3. The minimum absolute atomic E-state index is 0.0861. The first-order chi connectivity index (χ1) is 19.8. The molecule has 0 radical (unpaired) electrons. The zero-order chi connectivity index (χ0) is 28.7. The maximum atomic E-state index is 13.8. The molecule has 2 saturated heterocycles. The normalized spacial score (nSPS) is 24.3. The van der Waals surface area contributed by atoms with E-state index in [1.165, 1.54) is 16.0 Å². The van der Waals surface area contributed by atoms with E-state index in [0.29, 0.717) is 23.7 Å². The SMILES string of the molecule is CC(C)C1=C2[C@@H](CC/C(=C/c3ccc(O)cc3Cl)c3ccccc3)OC[C@@H]2[C@@H]2C(=O)N(c3ccccc3)C(=O)[C@@H]2C1. The highest BCUT2D eigenvalue weighted by atomic mass is 35.5. The molecule has 0 saturated carbocycles. The van der Waals surface area contributed by atoms with Crippen LogP contribution in [0.15, 0.2) is 90.0 Å². The van der Waals surface area contributed by atoms with Gasteiger partial charge in [0.15, 0.2) is 0 Å². The maximum Gasteiger partial charge on any atom is 0.238 e. The molecule has 1 aliphatic carbocycles. The summed E-state index contributed by atoms with van der Waals surface area (Å²) in [5.41, 5.74) is 6.20. The number of carbonyl (C=O) groups excluding carboxylic acids is 2. The third-order valence-electron chi connectivity index (χ3n) is 8.79. The van der Waals surface area contributed by atoms with Gasteiger partial charge in [-0.15, -0.1) is 0 Å². The van der Waals surface area contributed by atoms with Gasteiger partial charge < -0.3 is 9.84 Å². The Morgan fingerprint density at radius 2 is 1.71 bits per heavy atom. The van der Waals surface area contributed by atoms with Crippen LogP contribution in [0.25, 0.3) is 11.6 Å². The summed E-state index contributed by atoms with van der Waals surface area (Å²) in [4.78, 5) is 28.8. The van der Waals surface area contributed by atoms with E-state index in [9.17, 15) is 14.7 Å². The summed E-state index contributed by atoms with van der Waals surface area (Å²) in [6, 6.07) is 24.5. The second kappa shape index (κ2) is 11.3. The monoisotopic (exact) mass is 567 g/mol. The van der Waals surface area contributed by atoms with Crippen molar-refractivity contribution in [1.29, 1.82) is 0 Å². The van der Waals surface area contributed by atoms with Crippen molar-refractivity contribution in [3.05, 3.63) is 106 Å². The van der Waals surface area contributed by atoms with Crippen LogP contribution in [-0.2, 0) is 14.3 Å². The number of anilines is 1. The lowest BCUT2D eigenvalue weighted by Gasteiger charge is -2.33. The van der Waals surface area contributed by atoms with Gasteiger partial charge in [0.25, 0.3) is 0 Å². The van der Waals surface area contributed by atoms with Crippen LogP contribution in [0.4, 0.5) is 5.69 Å². The summed E-state index contributed by atoms with van der Waals surface area (Å²) in [5, 5.41) is 10.3. The Morgan fingerprint density at radius 1 is 1.00 bits per heavy atom. The molecule has 41 heavy (non-hydrogen) atoms. The van der Waals surface area contributed by atoms with Crippen LogP contribution in [0.2, 0.25) is 5.02 Å². The predicted octanol–water partition coefficient (Wildman–Crippen LogP) is 7.54. The third-order valence-corrected chi connectivity index (χ3v) is 9.12. The van der Waals surface area contributed by atoms with Crippen molar-refractivity contribution < 1.29 is 19.4 Å². The highest BCUT2D eigenvalue weighted by Crippen LogP contribution is 2.52. The molecule has 5 nitrogen and oxygen atoms in total. The number of hydrogen-bond acceptors (Lipinski definition) is 4. The van der Waals surface area contributed by atoms with Crippen LogP contribution < -0.4 is 4.90 Å². The Kier molecular flexibility index (Phi) is 7.58. The lowest BCUT2D eigenvalue weighted by Crippen LogP contribution is -2.35. The molecule has 2 heterocycles. The molecule has 0 unspecified atom stereocenters. The smallest absolute Gasteiger partial charge is 0.238 e. The lowest BCUT2D eigenvalue weighted by atomic mass is 9.67. The van der Waals surface area contributed by atoms with Crippen molar-refractivity contribution >= 4 is 40.8 Å². The average molecular weight is 568 g/mol. The molecule has 6 rings (SSSR count). The van der Waals surface area contributed by atoms with Crippen molar-refractivity contribution in [3.63, 3.8) is 0 Å². The number of phenolic OH excluding ortho intramolecular Hbond substituents is 1. The summed E-state index contributed by atoms with van der Waals surface area (Å²) < 4.78 is 6.46. The number of allylic oxidation sites excluding steroid dienone is 2. The van der Waals surface area contributed by atoms with Gasteiger partial charge in [-0.25, -0.2) is 0 Å². The summed E-state index contributed by atoms with van der Waals surface area (Å²) in [5.74, 6) is -0.617. The van der Waals surface area contributed by atoms with Crippen molar-refractivity contribution in [3.8, 4) is 5.75 Å². The highest BCUT2D eigenvalue weighted by Gasteiger charge is 2.57. The van der Waals surface area contributed by atoms with Gasteiger partial charge in [-0.2, -0.15) is 0 Å². The Bertz CT molecular complexity index is 1530. The van der Waals surface area contributed by atoms with E-state index >= 15 is 0 Å². The number of carbonyl (C=O) groups is 2. The largest absolute Gasteiger partial charge is 0.508 e. The Morgan fingerprint density at radius 3 is 2.39 bits per heavy atom. The average Bonchev–Trinajstić information content (AvgIpc) is 3.50. The topological polar surface area (TPSA) is 66.8 Å². The first-order valence-corrected chi connectivity index (χ1v) is 14.7. The van der Waals surface area contributed by atoms with E-state index < -0.39 is 0 Å². The van der Waals surface area contributed by atoms with E-state index in [-0.39, 0.29) is 47.3 Å². The first-order valence-electron chi connectivity index (χ1n) is 14.3. The number of nitrogens with zero attached hydrogens (tertiary/aromatic N) is 1. The molecule has 3 aromatic rings. The summed E-state index contributed by atoms with van der Waals surface area (Å²) in [6.07, 6.45) is 4.06. The number of hydrogen-bond donors (Lipinski definition) is 1. The zero-order valence-corrected chi connectivity index (χ0v) is 24.1.